The van der Waals surface area contributed by atoms with Gasteiger partial charge in [0.15, 0.2) is 23.2 Å². The standard InChI is InChI=1S/C20H24N6O5/c1-10(2)30-7-13-15(27)16(28)20(31-13)26-9-24-14-17(22-8-23-18(14)26)25-19(29)12(6-21)5-11-3-4-11/h5,8-11,13,15-16,20,27-28H,3-4,7H2,1-2H3,(H,22,23,25,29)/b12-5+/t13-,15-,16-,20-/m1/s1. The molecule has 3 heterocycles. The van der Waals surface area contributed by atoms with Crippen molar-refractivity contribution in [1.29, 1.82) is 5.26 Å². The van der Waals surface area contributed by atoms with Gasteiger partial charge in [-0.2, -0.15) is 5.26 Å². The van der Waals surface area contributed by atoms with Crippen LogP contribution in [0.4, 0.5) is 5.82 Å². The minimum absolute atomic E-state index is 0.0272. The molecule has 1 aliphatic heterocycles. The number of carbonyl (C=O) groups is 1. The van der Waals surface area contributed by atoms with E-state index in [2.05, 4.69) is 20.3 Å². The van der Waals surface area contributed by atoms with E-state index >= 15 is 0 Å². The number of aliphatic hydroxyl groups excluding tert-OH is 2. The molecule has 0 radical (unpaired) electrons. The molecule has 2 fully saturated rings. The molecule has 4 rings (SSSR count). The van der Waals surface area contributed by atoms with Crippen LogP contribution in [0.3, 0.4) is 0 Å². The van der Waals surface area contributed by atoms with Gasteiger partial charge in [0.1, 0.15) is 36.3 Å². The third-order valence-corrected chi connectivity index (χ3v) is 5.19. The Balaban J connectivity index is 1.56. The van der Waals surface area contributed by atoms with Crippen LogP contribution in [0.1, 0.15) is 32.9 Å². The van der Waals surface area contributed by atoms with Gasteiger partial charge in [-0.25, -0.2) is 15.0 Å². The van der Waals surface area contributed by atoms with Crippen LogP contribution in [0.25, 0.3) is 11.2 Å². The molecular weight excluding hydrogens is 404 g/mol. The molecule has 0 spiro atoms. The number of ether oxygens (including phenoxy) is 2. The van der Waals surface area contributed by atoms with Gasteiger partial charge in [0.05, 0.1) is 19.0 Å². The Morgan fingerprint density at radius 1 is 1.39 bits per heavy atom. The SMILES string of the molecule is CC(C)OC[C@H]1O[C@@H](n2cnc3c(NC(=O)/C(C#N)=C/C4CC4)ncnc32)[C@H](O)[C@@H]1O. The number of amides is 1. The second-order valence-corrected chi connectivity index (χ2v) is 7.96. The Bertz CT molecular complexity index is 1040. The van der Waals surface area contributed by atoms with Crippen LogP contribution in [0.5, 0.6) is 0 Å². The molecule has 0 unspecified atom stereocenters. The summed E-state index contributed by atoms with van der Waals surface area (Å²) in [6.45, 7) is 3.85. The van der Waals surface area contributed by atoms with Crippen molar-refractivity contribution >= 4 is 22.9 Å². The molecule has 31 heavy (non-hydrogen) atoms. The topological polar surface area (TPSA) is 155 Å². The Labute approximate surface area is 178 Å². The highest BCUT2D eigenvalue weighted by atomic mass is 16.6. The summed E-state index contributed by atoms with van der Waals surface area (Å²) in [5.41, 5.74) is 0.600. The second kappa shape index (κ2) is 8.68. The Hall–Kier alpha value is -2.91. The molecule has 2 aromatic rings. The van der Waals surface area contributed by atoms with Crippen molar-refractivity contribution in [2.75, 3.05) is 11.9 Å². The number of aromatic nitrogens is 4. The summed E-state index contributed by atoms with van der Waals surface area (Å²) in [5, 5.41) is 32.7. The number of imidazole rings is 1. The van der Waals surface area contributed by atoms with E-state index in [0.29, 0.717) is 5.65 Å². The largest absolute Gasteiger partial charge is 0.387 e. The molecule has 3 N–H and O–H groups in total. The highest BCUT2D eigenvalue weighted by Gasteiger charge is 2.44. The zero-order chi connectivity index (χ0) is 22.1. The zero-order valence-electron chi connectivity index (χ0n) is 17.2. The third-order valence-electron chi connectivity index (χ3n) is 5.19. The first-order valence-corrected chi connectivity index (χ1v) is 10.1. The Morgan fingerprint density at radius 3 is 2.84 bits per heavy atom. The van der Waals surface area contributed by atoms with Gasteiger partial charge in [-0.3, -0.25) is 9.36 Å². The normalized spacial score (nSPS) is 26.4. The zero-order valence-corrected chi connectivity index (χ0v) is 17.2. The number of rotatable bonds is 7. The lowest BCUT2D eigenvalue weighted by molar-refractivity contribution is -0.112. The van der Waals surface area contributed by atoms with Crippen molar-refractivity contribution in [2.24, 2.45) is 5.92 Å². The Kier molecular flexibility index (Phi) is 5.97. The molecule has 11 heteroatoms. The predicted octanol–water partition coefficient (Wildman–Crippen LogP) is 0.669. The summed E-state index contributed by atoms with van der Waals surface area (Å²) in [4.78, 5) is 25.0. The van der Waals surface area contributed by atoms with E-state index in [1.165, 1.54) is 17.2 Å². The van der Waals surface area contributed by atoms with Gasteiger partial charge in [-0.15, -0.1) is 0 Å². The number of anilines is 1. The van der Waals surface area contributed by atoms with E-state index in [-0.39, 0.29) is 35.5 Å². The minimum Gasteiger partial charge on any atom is -0.387 e. The van der Waals surface area contributed by atoms with E-state index in [9.17, 15) is 20.3 Å². The van der Waals surface area contributed by atoms with Crippen LogP contribution in [0, 0.1) is 17.2 Å². The fourth-order valence-electron chi connectivity index (χ4n) is 3.35. The lowest BCUT2D eigenvalue weighted by atomic mass is 10.1. The highest BCUT2D eigenvalue weighted by Crippen LogP contribution is 2.33. The molecular formula is C20H24N6O5. The molecule has 2 aliphatic rings. The molecule has 0 aromatic carbocycles. The summed E-state index contributed by atoms with van der Waals surface area (Å²) in [5.74, 6) is -0.161. The van der Waals surface area contributed by atoms with Crippen LogP contribution >= 0.6 is 0 Å². The summed E-state index contributed by atoms with van der Waals surface area (Å²) in [7, 11) is 0. The number of carbonyl (C=O) groups excluding carboxylic acids is 1. The number of nitrogens with one attached hydrogen (secondary N) is 1. The lowest BCUT2D eigenvalue weighted by Crippen LogP contribution is -2.34. The molecule has 0 bridgehead atoms. The van der Waals surface area contributed by atoms with Crippen molar-refractivity contribution in [1.82, 2.24) is 19.5 Å². The van der Waals surface area contributed by atoms with Crippen LogP contribution in [0.2, 0.25) is 0 Å². The van der Waals surface area contributed by atoms with Gasteiger partial charge in [0.25, 0.3) is 5.91 Å². The summed E-state index contributed by atoms with van der Waals surface area (Å²) in [6.07, 6.45) is 2.17. The monoisotopic (exact) mass is 428 g/mol. The van der Waals surface area contributed by atoms with Crippen molar-refractivity contribution in [3.8, 4) is 6.07 Å². The van der Waals surface area contributed by atoms with Crippen LogP contribution in [-0.4, -0.2) is 66.7 Å². The van der Waals surface area contributed by atoms with Crippen molar-refractivity contribution in [2.45, 2.75) is 57.3 Å². The third kappa shape index (κ3) is 4.42. The van der Waals surface area contributed by atoms with Gasteiger partial charge in [0.2, 0.25) is 0 Å². The van der Waals surface area contributed by atoms with Crippen molar-refractivity contribution < 1.29 is 24.5 Å². The maximum absolute atomic E-state index is 12.5. The van der Waals surface area contributed by atoms with Crippen molar-refractivity contribution in [3.05, 3.63) is 24.3 Å². The molecule has 1 aliphatic carbocycles. The van der Waals surface area contributed by atoms with Gasteiger partial charge in [0, 0.05) is 0 Å². The van der Waals surface area contributed by atoms with E-state index < -0.39 is 30.4 Å². The minimum atomic E-state index is -1.22. The smallest absolute Gasteiger partial charge is 0.267 e. The summed E-state index contributed by atoms with van der Waals surface area (Å²) >= 11 is 0. The predicted molar refractivity (Wildman–Crippen MR) is 107 cm³/mol. The number of nitrogens with zero attached hydrogens (tertiary/aromatic N) is 5. The first-order valence-electron chi connectivity index (χ1n) is 10.1. The summed E-state index contributed by atoms with van der Waals surface area (Å²) in [6, 6.07) is 1.91. The summed E-state index contributed by atoms with van der Waals surface area (Å²) < 4.78 is 12.8. The number of hydrogen-bond donors (Lipinski definition) is 3. The average Bonchev–Trinajstić information content (AvgIpc) is 3.40. The van der Waals surface area contributed by atoms with Crippen molar-refractivity contribution in [3.63, 3.8) is 0 Å². The molecule has 1 amide bonds. The maximum Gasteiger partial charge on any atom is 0.267 e. The van der Waals surface area contributed by atoms with E-state index in [1.807, 2.05) is 19.9 Å². The number of nitriles is 1. The first-order chi connectivity index (χ1) is 14.9. The fraction of sp³-hybridized carbons (Fsp3) is 0.550. The van der Waals surface area contributed by atoms with E-state index in [4.69, 9.17) is 9.47 Å². The second-order valence-electron chi connectivity index (χ2n) is 7.96. The van der Waals surface area contributed by atoms with E-state index in [0.717, 1.165) is 12.8 Å². The quantitative estimate of drug-likeness (QED) is 0.426. The molecule has 2 aromatic heterocycles. The highest BCUT2D eigenvalue weighted by molar-refractivity contribution is 6.08. The fourth-order valence-corrected chi connectivity index (χ4v) is 3.35. The van der Waals surface area contributed by atoms with Crippen LogP contribution in [0.15, 0.2) is 24.3 Å². The molecule has 1 saturated heterocycles. The number of hydrogen-bond acceptors (Lipinski definition) is 9. The first kappa shape index (κ1) is 21.3. The lowest BCUT2D eigenvalue weighted by Gasteiger charge is -2.17. The molecule has 1 saturated carbocycles. The van der Waals surface area contributed by atoms with E-state index in [1.54, 1.807) is 6.08 Å². The van der Waals surface area contributed by atoms with Gasteiger partial charge < -0.3 is 25.0 Å². The number of aliphatic hydroxyl groups is 2. The maximum atomic E-state index is 12.5. The van der Waals surface area contributed by atoms with Gasteiger partial charge in [-0.05, 0) is 32.6 Å². The average molecular weight is 428 g/mol. The van der Waals surface area contributed by atoms with Gasteiger partial charge >= 0.3 is 0 Å². The molecule has 11 nitrogen and oxygen atoms in total. The van der Waals surface area contributed by atoms with Gasteiger partial charge in [-0.1, -0.05) is 6.08 Å². The Morgan fingerprint density at radius 2 is 2.16 bits per heavy atom. The number of fused-ring (bicyclic) bond motifs is 1. The van der Waals surface area contributed by atoms with Crippen LogP contribution in [-0.2, 0) is 14.3 Å². The molecule has 164 valence electrons. The van der Waals surface area contributed by atoms with Crippen LogP contribution < -0.4 is 5.32 Å². The molecule has 4 atom stereocenters. The number of allylic oxidation sites excluding steroid dienone is 1.